The lowest BCUT2D eigenvalue weighted by molar-refractivity contribution is -0.121. The van der Waals surface area contributed by atoms with E-state index in [0.717, 1.165) is 80.6 Å². The third kappa shape index (κ3) is 6.62. The van der Waals surface area contributed by atoms with Gasteiger partial charge in [0.15, 0.2) is 0 Å². The Labute approximate surface area is 300 Å². The van der Waals surface area contributed by atoms with E-state index in [1.807, 2.05) is 12.3 Å². The predicted molar refractivity (Wildman–Crippen MR) is 192 cm³/mol. The summed E-state index contributed by atoms with van der Waals surface area (Å²) in [4.78, 5) is 37.7. The first kappa shape index (κ1) is 34.1. The van der Waals surface area contributed by atoms with E-state index in [-0.39, 0.29) is 40.4 Å². The van der Waals surface area contributed by atoms with Crippen LogP contribution in [0.5, 0.6) is 5.75 Å². The number of methoxy groups -OCH3 is 1. The van der Waals surface area contributed by atoms with Crippen LogP contribution in [0.25, 0.3) is 11.3 Å². The molecule has 1 aliphatic heterocycles. The Kier molecular flexibility index (Phi) is 8.83. The summed E-state index contributed by atoms with van der Waals surface area (Å²) in [6.45, 7) is 5.04. The number of likely N-dealkylation sites (tertiary alicyclic amines) is 1. The predicted octanol–water partition coefficient (Wildman–Crippen LogP) is 6.70. The number of anilines is 1. The highest BCUT2D eigenvalue weighted by Crippen LogP contribution is 2.59. The van der Waals surface area contributed by atoms with Crippen molar-refractivity contribution < 1.29 is 24.2 Å². The average molecular weight is 697 g/mol. The molecule has 51 heavy (non-hydrogen) atoms. The van der Waals surface area contributed by atoms with Crippen molar-refractivity contribution in [3.63, 3.8) is 0 Å². The fraction of sp³-hybridized carbons (Fsp3) is 0.625. The number of carbonyl (C=O) groups excluding carboxylic acids is 2. The number of amides is 2. The highest BCUT2D eigenvalue weighted by Gasteiger charge is 2.49. The number of β-amino-alcohol motifs (C(OH)–C–C–N with tert-alkyl or cyclic N) is 1. The van der Waals surface area contributed by atoms with Gasteiger partial charge in [-0.3, -0.25) is 9.48 Å². The maximum absolute atomic E-state index is 13.6. The Hall–Kier alpha value is -3.99. The van der Waals surface area contributed by atoms with Crippen molar-refractivity contribution >= 4 is 17.8 Å². The van der Waals surface area contributed by atoms with Crippen LogP contribution in [0.3, 0.4) is 0 Å². The summed E-state index contributed by atoms with van der Waals surface area (Å²) in [6.07, 6.45) is 16.6. The summed E-state index contributed by atoms with van der Waals surface area (Å²) in [6, 6.07) is 8.63. The second kappa shape index (κ2) is 13.2. The number of aryl methyl sites for hydroxylation is 1. The number of carbonyl (C=O) groups is 2. The first-order valence-corrected chi connectivity index (χ1v) is 19.1. The first-order chi connectivity index (χ1) is 24.5. The van der Waals surface area contributed by atoms with Crippen molar-refractivity contribution in [1.29, 1.82) is 0 Å². The van der Waals surface area contributed by atoms with Gasteiger partial charge in [-0.1, -0.05) is 12.1 Å². The summed E-state index contributed by atoms with van der Waals surface area (Å²) in [5.74, 6) is 2.04. The molecule has 3 aromatic rings. The molecule has 5 aliphatic carbocycles. The monoisotopic (exact) mass is 696 g/mol. The number of fused-ring (bicyclic) bond motifs is 3. The Balaban J connectivity index is 0.974. The van der Waals surface area contributed by atoms with Gasteiger partial charge >= 0.3 is 6.09 Å². The molecule has 5 saturated carbocycles. The number of aromatic nitrogens is 4. The summed E-state index contributed by atoms with van der Waals surface area (Å²) in [5, 5.41) is 17.4. The Morgan fingerprint density at radius 2 is 1.71 bits per heavy atom. The van der Waals surface area contributed by atoms with Gasteiger partial charge in [0, 0.05) is 30.2 Å². The van der Waals surface area contributed by atoms with Gasteiger partial charge < -0.3 is 24.8 Å². The zero-order valence-electron chi connectivity index (χ0n) is 30.3. The van der Waals surface area contributed by atoms with Crippen molar-refractivity contribution in [2.24, 2.45) is 11.3 Å². The zero-order valence-corrected chi connectivity index (χ0v) is 30.3. The number of benzene rings is 1. The molecule has 11 nitrogen and oxygen atoms in total. The summed E-state index contributed by atoms with van der Waals surface area (Å²) in [5.41, 5.74) is 4.80. The lowest BCUT2D eigenvalue weighted by Gasteiger charge is -2.54. The molecule has 0 atom stereocenters. The van der Waals surface area contributed by atoms with Gasteiger partial charge in [0.25, 0.3) is 0 Å². The molecule has 1 aromatic carbocycles. The summed E-state index contributed by atoms with van der Waals surface area (Å²) < 4.78 is 13.3. The van der Waals surface area contributed by atoms with Gasteiger partial charge in [-0.15, -0.1) is 0 Å². The minimum Gasteiger partial charge on any atom is -0.496 e. The number of rotatable bonds is 9. The second-order valence-electron chi connectivity index (χ2n) is 16.6. The van der Waals surface area contributed by atoms with Crippen molar-refractivity contribution in [3.05, 3.63) is 53.6 Å². The molecule has 2 amide bonds. The van der Waals surface area contributed by atoms with Crippen molar-refractivity contribution in [3.8, 4) is 17.0 Å². The fourth-order valence-electron chi connectivity index (χ4n) is 9.45. The number of hydrogen-bond donors (Lipinski definition) is 2. The molecule has 6 fully saturated rings. The Morgan fingerprint density at radius 3 is 2.33 bits per heavy atom. The standard InChI is InChI=1S/C40H52N6O5/c1-26-19-29(7-10-33(26)50-3)40-16-13-39(14-17-40,15-18-40)21-35-42-32(28-22-41-46(23-28)38(2)11-4-12-38)20-34(43-35)44-36(48)27-5-8-31(9-6-27)51-37(49)45-24-30(47)25-45/h7,10,19-20,22-23,27,30-31,47H,4-6,8-9,11-18,21,24-25H2,1-3H3,(H,42,43,44,48). The van der Waals surface area contributed by atoms with Crippen molar-refractivity contribution in [1.82, 2.24) is 24.6 Å². The van der Waals surface area contributed by atoms with Crippen LogP contribution in [-0.2, 0) is 26.9 Å². The maximum Gasteiger partial charge on any atom is 0.410 e. The topological polar surface area (TPSA) is 132 Å². The third-order valence-corrected chi connectivity index (χ3v) is 13.3. The highest BCUT2D eigenvalue weighted by molar-refractivity contribution is 5.92. The van der Waals surface area contributed by atoms with E-state index in [1.54, 1.807) is 7.11 Å². The number of nitrogens with one attached hydrogen (secondary N) is 1. The molecule has 0 spiro atoms. The molecule has 2 bridgehead atoms. The van der Waals surface area contributed by atoms with Crippen LogP contribution in [0.15, 0.2) is 36.7 Å². The number of aliphatic hydroxyl groups is 1. The van der Waals surface area contributed by atoms with Crippen LogP contribution < -0.4 is 10.1 Å². The van der Waals surface area contributed by atoms with Crippen LogP contribution in [-0.4, -0.2) is 74.2 Å². The van der Waals surface area contributed by atoms with Gasteiger partial charge in [-0.2, -0.15) is 5.10 Å². The van der Waals surface area contributed by atoms with Gasteiger partial charge in [0.1, 0.15) is 23.5 Å². The molecule has 0 unspecified atom stereocenters. The second-order valence-corrected chi connectivity index (χ2v) is 16.6. The summed E-state index contributed by atoms with van der Waals surface area (Å²) >= 11 is 0. The SMILES string of the molecule is COc1ccc(C23CCC(Cc4nc(NC(=O)C5CCC(OC(=O)N6CC(O)C6)CC5)cc(-c5cnn(C6(C)CCC6)c5)n4)(CC2)CC3)cc1C. The maximum atomic E-state index is 13.6. The van der Waals surface area contributed by atoms with E-state index in [0.29, 0.717) is 44.6 Å². The highest BCUT2D eigenvalue weighted by atomic mass is 16.6. The van der Waals surface area contributed by atoms with Gasteiger partial charge in [0.05, 0.1) is 43.7 Å². The fourth-order valence-corrected chi connectivity index (χ4v) is 9.45. The molecular formula is C40H52N6O5. The molecule has 6 aliphatic rings. The summed E-state index contributed by atoms with van der Waals surface area (Å²) in [7, 11) is 1.74. The van der Waals surface area contributed by atoms with Gasteiger partial charge in [0.2, 0.25) is 5.91 Å². The average Bonchev–Trinajstić information content (AvgIpc) is 3.61. The molecular weight excluding hydrogens is 644 g/mol. The van der Waals surface area contributed by atoms with E-state index in [9.17, 15) is 14.7 Å². The number of nitrogens with zero attached hydrogens (tertiary/aromatic N) is 5. The van der Waals surface area contributed by atoms with Crippen LogP contribution in [0.4, 0.5) is 10.6 Å². The van der Waals surface area contributed by atoms with Crippen LogP contribution in [0.2, 0.25) is 0 Å². The molecule has 2 aromatic heterocycles. The van der Waals surface area contributed by atoms with Crippen LogP contribution in [0.1, 0.15) is 107 Å². The molecule has 3 heterocycles. The molecule has 0 radical (unpaired) electrons. The number of hydrogen-bond acceptors (Lipinski definition) is 8. The van der Waals surface area contributed by atoms with E-state index in [1.165, 1.54) is 22.4 Å². The van der Waals surface area contributed by atoms with E-state index >= 15 is 0 Å². The normalized spacial score (nSPS) is 28.4. The zero-order chi connectivity index (χ0) is 35.4. The largest absolute Gasteiger partial charge is 0.496 e. The smallest absolute Gasteiger partial charge is 0.410 e. The van der Waals surface area contributed by atoms with Crippen LogP contribution >= 0.6 is 0 Å². The third-order valence-electron chi connectivity index (χ3n) is 13.3. The first-order valence-electron chi connectivity index (χ1n) is 19.1. The van der Waals surface area contributed by atoms with Crippen molar-refractivity contribution in [2.75, 3.05) is 25.5 Å². The molecule has 1 saturated heterocycles. The molecule has 9 rings (SSSR count). The van der Waals surface area contributed by atoms with Gasteiger partial charge in [-0.25, -0.2) is 14.8 Å². The van der Waals surface area contributed by atoms with Crippen LogP contribution in [0, 0.1) is 18.3 Å². The van der Waals surface area contributed by atoms with E-state index < -0.39 is 6.10 Å². The minimum atomic E-state index is -0.457. The number of ether oxygens (including phenoxy) is 2. The molecule has 2 N–H and O–H groups in total. The quantitative estimate of drug-likeness (QED) is 0.253. The minimum absolute atomic E-state index is 0.0485. The molecule has 11 heteroatoms. The van der Waals surface area contributed by atoms with Gasteiger partial charge in [-0.05, 0) is 125 Å². The van der Waals surface area contributed by atoms with Crippen molar-refractivity contribution in [2.45, 2.75) is 127 Å². The lowest BCUT2D eigenvalue weighted by atomic mass is 9.51. The number of aliphatic hydroxyl groups excluding tert-OH is 1. The lowest BCUT2D eigenvalue weighted by Crippen LogP contribution is -2.54. The Morgan fingerprint density at radius 1 is 0.980 bits per heavy atom. The molecule has 272 valence electrons. The van der Waals surface area contributed by atoms with E-state index in [4.69, 9.17) is 24.5 Å². The Bertz CT molecular complexity index is 1760. The van der Waals surface area contributed by atoms with E-state index in [2.05, 4.69) is 48.2 Å².